The molecule has 0 N–H and O–H groups in total. The molecule has 2 unspecified atom stereocenters. The van der Waals surface area contributed by atoms with Crippen LogP contribution in [-0.2, 0) is 14.3 Å². The maximum atomic E-state index is 11.2. The van der Waals surface area contributed by atoms with Crippen LogP contribution in [0.5, 0.6) is 0 Å². The van der Waals surface area contributed by atoms with E-state index in [4.69, 9.17) is 4.74 Å². The normalized spacial score (nSPS) is 52.8. The third-order valence-electron chi connectivity index (χ3n) is 3.52. The highest BCUT2D eigenvalue weighted by atomic mass is 16.5. The van der Waals surface area contributed by atoms with Crippen molar-refractivity contribution >= 4 is 11.8 Å². The number of carbonyl (C=O) groups is 2. The standard InChI is InChI=1S/C9H10O3/c1-3(10)12-5-2-4-6-7(5)8(6)9(4)11/h4-8H,2H2,1H3/t4-,5+,6-,7?,8?/m0/s1. The monoisotopic (exact) mass is 166 g/mol. The fourth-order valence-electron chi connectivity index (χ4n) is 3.07. The number of rotatable bonds is 1. The van der Waals surface area contributed by atoms with Crippen molar-refractivity contribution < 1.29 is 14.3 Å². The Morgan fingerprint density at radius 1 is 1.50 bits per heavy atom. The summed E-state index contributed by atoms with van der Waals surface area (Å²) in [6, 6.07) is 0. The number of ether oxygens (including phenoxy) is 1. The summed E-state index contributed by atoms with van der Waals surface area (Å²) in [5.41, 5.74) is 0. The molecule has 3 fully saturated rings. The molecular formula is C9H10O3. The van der Waals surface area contributed by atoms with Gasteiger partial charge in [0.25, 0.3) is 0 Å². The van der Waals surface area contributed by atoms with Crippen molar-refractivity contribution in [3.63, 3.8) is 0 Å². The number of carbonyl (C=O) groups excluding carboxylic acids is 2. The van der Waals surface area contributed by atoms with E-state index in [1.165, 1.54) is 6.92 Å². The van der Waals surface area contributed by atoms with Crippen molar-refractivity contribution in [3.05, 3.63) is 0 Å². The number of hydrogen-bond acceptors (Lipinski definition) is 3. The molecule has 3 rings (SSSR count). The van der Waals surface area contributed by atoms with Crippen molar-refractivity contribution in [1.82, 2.24) is 0 Å². The van der Waals surface area contributed by atoms with Gasteiger partial charge >= 0.3 is 5.97 Å². The van der Waals surface area contributed by atoms with E-state index < -0.39 is 0 Å². The lowest BCUT2D eigenvalue weighted by molar-refractivity contribution is -0.150. The second-order valence-electron chi connectivity index (χ2n) is 4.07. The van der Waals surface area contributed by atoms with Crippen LogP contribution in [0.4, 0.5) is 0 Å². The zero-order valence-corrected chi connectivity index (χ0v) is 6.82. The van der Waals surface area contributed by atoms with E-state index in [0.29, 0.717) is 17.6 Å². The summed E-state index contributed by atoms with van der Waals surface area (Å²) in [7, 11) is 0. The van der Waals surface area contributed by atoms with E-state index in [9.17, 15) is 9.59 Å². The van der Waals surface area contributed by atoms with Gasteiger partial charge < -0.3 is 4.74 Å². The maximum Gasteiger partial charge on any atom is 0.302 e. The molecule has 0 radical (unpaired) electrons. The molecule has 0 aromatic rings. The largest absolute Gasteiger partial charge is 0.462 e. The minimum absolute atomic E-state index is 0.0696. The van der Waals surface area contributed by atoms with Gasteiger partial charge in [-0.15, -0.1) is 0 Å². The van der Waals surface area contributed by atoms with Gasteiger partial charge in [-0.2, -0.15) is 0 Å². The van der Waals surface area contributed by atoms with Gasteiger partial charge in [0.1, 0.15) is 11.9 Å². The average Bonchev–Trinajstić information content (AvgIpc) is 2.58. The van der Waals surface area contributed by atoms with Crippen molar-refractivity contribution in [3.8, 4) is 0 Å². The highest BCUT2D eigenvalue weighted by Crippen LogP contribution is 2.71. The second-order valence-corrected chi connectivity index (χ2v) is 4.07. The number of fused-ring (bicyclic) bond motifs is 1. The van der Waals surface area contributed by atoms with E-state index in [2.05, 4.69) is 0 Å². The quantitative estimate of drug-likeness (QED) is 0.529. The maximum absolute atomic E-state index is 11.2. The molecule has 64 valence electrons. The summed E-state index contributed by atoms with van der Waals surface area (Å²) < 4.78 is 5.12. The first kappa shape index (κ1) is 6.63. The first-order chi connectivity index (χ1) is 5.70. The summed E-state index contributed by atoms with van der Waals surface area (Å²) in [6.45, 7) is 1.43. The van der Waals surface area contributed by atoms with Gasteiger partial charge in [0, 0.05) is 24.7 Å². The molecule has 0 bridgehead atoms. The molecule has 0 aromatic carbocycles. The Bertz CT molecular complexity index is 283. The highest BCUT2D eigenvalue weighted by Gasteiger charge is 2.77. The Hall–Kier alpha value is -0.860. The second kappa shape index (κ2) is 1.73. The molecule has 0 amide bonds. The molecule has 3 heteroatoms. The summed E-state index contributed by atoms with van der Waals surface area (Å²) in [4.78, 5) is 21.8. The lowest BCUT2D eigenvalue weighted by Crippen LogP contribution is -2.35. The molecule has 3 saturated carbocycles. The Morgan fingerprint density at radius 3 is 2.67 bits per heavy atom. The summed E-state index contributed by atoms with van der Waals surface area (Å²) in [5, 5.41) is 0. The van der Waals surface area contributed by atoms with Gasteiger partial charge in [0.05, 0.1) is 0 Å². The number of ketones is 1. The van der Waals surface area contributed by atoms with Crippen molar-refractivity contribution in [2.24, 2.45) is 23.7 Å². The van der Waals surface area contributed by atoms with Gasteiger partial charge in [-0.05, 0) is 12.3 Å². The molecular weight excluding hydrogens is 156 g/mol. The van der Waals surface area contributed by atoms with E-state index in [1.807, 2.05) is 0 Å². The van der Waals surface area contributed by atoms with Crippen LogP contribution in [0.2, 0.25) is 0 Å². The summed E-state index contributed by atoms with van der Waals surface area (Å²) in [6.07, 6.45) is 0.866. The minimum atomic E-state index is -0.209. The molecule has 12 heavy (non-hydrogen) atoms. The Morgan fingerprint density at radius 2 is 2.25 bits per heavy atom. The molecule has 3 aliphatic carbocycles. The molecule has 0 spiro atoms. The van der Waals surface area contributed by atoms with E-state index in [0.717, 1.165) is 6.42 Å². The predicted octanol–water partition coefficient (Wildman–Crippen LogP) is 0.383. The fourth-order valence-corrected chi connectivity index (χ4v) is 3.07. The van der Waals surface area contributed by atoms with Crippen LogP contribution in [0.15, 0.2) is 0 Å². The van der Waals surface area contributed by atoms with Crippen LogP contribution < -0.4 is 0 Å². The summed E-state index contributed by atoms with van der Waals surface area (Å²) in [5.74, 6) is 1.76. The molecule has 0 aliphatic heterocycles. The highest BCUT2D eigenvalue weighted by molar-refractivity contribution is 5.96. The van der Waals surface area contributed by atoms with E-state index in [-0.39, 0.29) is 23.9 Å². The van der Waals surface area contributed by atoms with Gasteiger partial charge in [0.15, 0.2) is 0 Å². The van der Waals surface area contributed by atoms with E-state index >= 15 is 0 Å². The minimum Gasteiger partial charge on any atom is -0.462 e. The molecule has 3 nitrogen and oxygen atoms in total. The molecule has 5 atom stereocenters. The van der Waals surface area contributed by atoms with Crippen LogP contribution >= 0.6 is 0 Å². The first-order valence-corrected chi connectivity index (χ1v) is 4.41. The zero-order chi connectivity index (χ0) is 8.46. The van der Waals surface area contributed by atoms with Crippen LogP contribution in [0.3, 0.4) is 0 Å². The smallest absolute Gasteiger partial charge is 0.302 e. The van der Waals surface area contributed by atoms with Gasteiger partial charge in [-0.25, -0.2) is 0 Å². The van der Waals surface area contributed by atoms with Gasteiger partial charge in [-0.3, -0.25) is 9.59 Å². The SMILES string of the molecule is CC(=O)O[C@@H]1C[C@@H]2C(=O)C3C1[C@@H]32. The number of hydrogen-bond donors (Lipinski definition) is 0. The zero-order valence-electron chi connectivity index (χ0n) is 6.82. The molecule has 0 saturated heterocycles. The van der Waals surface area contributed by atoms with Crippen molar-refractivity contribution in [2.75, 3.05) is 0 Å². The fraction of sp³-hybridized carbons (Fsp3) is 0.778. The van der Waals surface area contributed by atoms with Crippen LogP contribution in [-0.4, -0.2) is 17.9 Å². The molecule has 3 aliphatic rings. The van der Waals surface area contributed by atoms with Crippen LogP contribution in [0.25, 0.3) is 0 Å². The first-order valence-electron chi connectivity index (χ1n) is 4.41. The van der Waals surface area contributed by atoms with Gasteiger partial charge in [0.2, 0.25) is 0 Å². The van der Waals surface area contributed by atoms with Crippen LogP contribution in [0.1, 0.15) is 13.3 Å². The van der Waals surface area contributed by atoms with Crippen LogP contribution in [0, 0.1) is 23.7 Å². The van der Waals surface area contributed by atoms with Crippen molar-refractivity contribution in [2.45, 2.75) is 19.4 Å². The summed E-state index contributed by atoms with van der Waals surface area (Å²) >= 11 is 0. The average molecular weight is 166 g/mol. The van der Waals surface area contributed by atoms with E-state index in [1.54, 1.807) is 0 Å². The number of Topliss-reactive ketones (excluding diaryl/α,β-unsaturated/α-hetero) is 1. The van der Waals surface area contributed by atoms with Crippen molar-refractivity contribution in [1.29, 1.82) is 0 Å². The Balaban J connectivity index is 1.73. The lowest BCUT2D eigenvalue weighted by Gasteiger charge is -2.26. The third kappa shape index (κ3) is 0.551. The Kier molecular flexibility index (Phi) is 0.955. The third-order valence-corrected chi connectivity index (χ3v) is 3.52. The molecule has 0 heterocycles. The Labute approximate surface area is 70.1 Å². The lowest BCUT2D eigenvalue weighted by atomic mass is 9.80. The van der Waals surface area contributed by atoms with Gasteiger partial charge in [-0.1, -0.05) is 0 Å². The predicted molar refractivity (Wildman–Crippen MR) is 39.1 cm³/mol. The number of esters is 1. The molecule has 0 aromatic heterocycles. The topological polar surface area (TPSA) is 43.4 Å².